The van der Waals surface area contributed by atoms with Crippen LogP contribution in [0.3, 0.4) is 0 Å². The summed E-state index contributed by atoms with van der Waals surface area (Å²) in [6.45, 7) is 3.46. The Kier molecular flexibility index (Phi) is 3.88. The van der Waals surface area contributed by atoms with Crippen molar-refractivity contribution >= 4 is 11.8 Å². The molecule has 0 aromatic heterocycles. The molecule has 0 aromatic rings. The van der Waals surface area contributed by atoms with Gasteiger partial charge in [0.2, 0.25) is 11.8 Å². The molecular weight excluding hydrogens is 182 g/mol. The topological polar surface area (TPSA) is 75.4 Å². The van der Waals surface area contributed by atoms with Crippen LogP contribution in [-0.2, 0) is 9.59 Å². The predicted octanol–water partition coefficient (Wildman–Crippen LogP) is -0.928. The molecule has 0 spiro atoms. The van der Waals surface area contributed by atoms with E-state index >= 15 is 0 Å². The third-order valence-corrected chi connectivity index (χ3v) is 2.38. The zero-order valence-electron chi connectivity index (χ0n) is 8.45. The van der Waals surface area contributed by atoms with E-state index in [0.717, 1.165) is 0 Å². The van der Waals surface area contributed by atoms with Crippen molar-refractivity contribution in [1.29, 1.82) is 0 Å². The van der Waals surface area contributed by atoms with Crippen LogP contribution in [0.1, 0.15) is 19.8 Å². The first-order chi connectivity index (χ1) is 6.65. The van der Waals surface area contributed by atoms with Gasteiger partial charge in [0.15, 0.2) is 0 Å². The fourth-order valence-electron chi connectivity index (χ4n) is 1.40. The molecule has 1 aliphatic rings. The number of carbonyl (C=O) groups is 2. The molecule has 2 amide bonds. The average Bonchev–Trinajstić information content (AvgIpc) is 2.40. The zero-order chi connectivity index (χ0) is 10.6. The van der Waals surface area contributed by atoms with Crippen LogP contribution in [0.2, 0.25) is 0 Å². The summed E-state index contributed by atoms with van der Waals surface area (Å²) >= 11 is 0. The molecule has 1 heterocycles. The molecule has 1 aliphatic heterocycles. The van der Waals surface area contributed by atoms with Gasteiger partial charge in [-0.3, -0.25) is 9.59 Å². The molecule has 0 aliphatic carbocycles. The van der Waals surface area contributed by atoms with Crippen LogP contribution >= 0.6 is 0 Å². The third kappa shape index (κ3) is 2.70. The Morgan fingerprint density at radius 1 is 1.64 bits per heavy atom. The van der Waals surface area contributed by atoms with Crippen molar-refractivity contribution < 1.29 is 9.59 Å². The van der Waals surface area contributed by atoms with Crippen molar-refractivity contribution in [3.63, 3.8) is 0 Å². The summed E-state index contributed by atoms with van der Waals surface area (Å²) in [5, 5.41) is 2.71. The monoisotopic (exact) mass is 199 g/mol. The largest absolute Gasteiger partial charge is 0.354 e. The Bertz CT molecular complexity index is 230. The molecule has 0 aromatic carbocycles. The highest BCUT2D eigenvalue weighted by molar-refractivity contribution is 5.83. The lowest BCUT2D eigenvalue weighted by Gasteiger charge is -2.22. The van der Waals surface area contributed by atoms with Gasteiger partial charge in [0.05, 0.1) is 6.04 Å². The van der Waals surface area contributed by atoms with Crippen molar-refractivity contribution in [1.82, 2.24) is 10.2 Å². The van der Waals surface area contributed by atoms with Gasteiger partial charge < -0.3 is 16.0 Å². The zero-order valence-corrected chi connectivity index (χ0v) is 8.45. The lowest BCUT2D eigenvalue weighted by atomic mass is 10.2. The van der Waals surface area contributed by atoms with E-state index in [2.05, 4.69) is 5.32 Å². The Hall–Kier alpha value is -1.10. The van der Waals surface area contributed by atoms with Gasteiger partial charge in [-0.05, 0) is 6.42 Å². The molecule has 0 saturated carbocycles. The molecule has 1 rings (SSSR count). The summed E-state index contributed by atoms with van der Waals surface area (Å²) in [5.41, 5.74) is 5.64. The van der Waals surface area contributed by atoms with Crippen molar-refractivity contribution in [2.75, 3.05) is 19.6 Å². The number of amides is 2. The Balaban J connectivity index is 2.51. The number of nitrogens with one attached hydrogen (secondary N) is 1. The highest BCUT2D eigenvalue weighted by Crippen LogP contribution is 2.01. The van der Waals surface area contributed by atoms with E-state index in [1.165, 1.54) is 0 Å². The Morgan fingerprint density at radius 2 is 2.36 bits per heavy atom. The van der Waals surface area contributed by atoms with Crippen LogP contribution in [-0.4, -0.2) is 42.4 Å². The van der Waals surface area contributed by atoms with Gasteiger partial charge in [-0.1, -0.05) is 6.92 Å². The Labute approximate surface area is 83.6 Å². The van der Waals surface area contributed by atoms with Crippen LogP contribution < -0.4 is 11.1 Å². The molecule has 3 N–H and O–H groups in total. The van der Waals surface area contributed by atoms with Gasteiger partial charge in [0.25, 0.3) is 0 Å². The number of hydrogen-bond donors (Lipinski definition) is 2. The first-order valence-corrected chi connectivity index (χ1v) is 4.96. The van der Waals surface area contributed by atoms with E-state index in [4.69, 9.17) is 5.73 Å². The number of rotatable bonds is 2. The van der Waals surface area contributed by atoms with Gasteiger partial charge in [-0.2, -0.15) is 0 Å². The van der Waals surface area contributed by atoms with Crippen molar-refractivity contribution in [3.05, 3.63) is 0 Å². The maximum atomic E-state index is 11.7. The summed E-state index contributed by atoms with van der Waals surface area (Å²) in [7, 11) is 0. The van der Waals surface area contributed by atoms with Crippen molar-refractivity contribution in [2.45, 2.75) is 25.8 Å². The van der Waals surface area contributed by atoms with Crippen LogP contribution in [0.5, 0.6) is 0 Å². The standard InChI is InChI=1S/C9H17N3O2/c1-2-7(10)9(14)12-5-3-8(13)11-4-6-12/h7H,2-6,10H2,1H3,(H,11,13)/t7-/m0/s1. The molecule has 80 valence electrons. The maximum Gasteiger partial charge on any atom is 0.239 e. The van der Waals surface area contributed by atoms with E-state index in [9.17, 15) is 9.59 Å². The lowest BCUT2D eigenvalue weighted by Crippen LogP contribution is -2.44. The number of nitrogens with zero attached hydrogens (tertiary/aromatic N) is 1. The maximum absolute atomic E-state index is 11.7. The van der Waals surface area contributed by atoms with E-state index in [1.807, 2.05) is 6.92 Å². The second kappa shape index (κ2) is 4.95. The molecule has 0 radical (unpaired) electrons. The SMILES string of the molecule is CC[C@H](N)C(=O)N1CCNC(=O)CC1. The van der Waals surface area contributed by atoms with Crippen LogP contribution in [0.15, 0.2) is 0 Å². The molecule has 0 unspecified atom stereocenters. The molecule has 14 heavy (non-hydrogen) atoms. The fourth-order valence-corrected chi connectivity index (χ4v) is 1.40. The van der Waals surface area contributed by atoms with Crippen molar-refractivity contribution in [2.24, 2.45) is 5.73 Å². The summed E-state index contributed by atoms with van der Waals surface area (Å²) in [6.07, 6.45) is 1.01. The summed E-state index contributed by atoms with van der Waals surface area (Å²) in [4.78, 5) is 24.3. The van der Waals surface area contributed by atoms with Crippen molar-refractivity contribution in [3.8, 4) is 0 Å². The van der Waals surface area contributed by atoms with Gasteiger partial charge >= 0.3 is 0 Å². The molecule has 5 nitrogen and oxygen atoms in total. The minimum atomic E-state index is -0.428. The normalized spacial score (nSPS) is 19.9. The second-order valence-corrected chi connectivity index (χ2v) is 3.44. The van der Waals surface area contributed by atoms with E-state index in [0.29, 0.717) is 32.5 Å². The molecular formula is C9H17N3O2. The van der Waals surface area contributed by atoms with Gasteiger partial charge in [-0.15, -0.1) is 0 Å². The fraction of sp³-hybridized carbons (Fsp3) is 0.778. The minimum Gasteiger partial charge on any atom is -0.354 e. The minimum absolute atomic E-state index is 0.00497. The molecule has 1 fully saturated rings. The summed E-state index contributed by atoms with van der Waals surface area (Å²) in [5.74, 6) is -0.0469. The number of nitrogens with two attached hydrogens (primary N) is 1. The summed E-state index contributed by atoms with van der Waals surface area (Å²) < 4.78 is 0. The van der Waals surface area contributed by atoms with Crippen LogP contribution in [0, 0.1) is 0 Å². The predicted molar refractivity (Wildman–Crippen MR) is 52.5 cm³/mol. The van der Waals surface area contributed by atoms with E-state index < -0.39 is 6.04 Å². The number of carbonyl (C=O) groups excluding carboxylic acids is 2. The first kappa shape index (κ1) is 11.0. The Morgan fingerprint density at radius 3 is 3.00 bits per heavy atom. The smallest absolute Gasteiger partial charge is 0.239 e. The van der Waals surface area contributed by atoms with E-state index in [1.54, 1.807) is 4.90 Å². The highest BCUT2D eigenvalue weighted by Gasteiger charge is 2.21. The average molecular weight is 199 g/mol. The molecule has 5 heteroatoms. The lowest BCUT2D eigenvalue weighted by molar-refractivity contribution is -0.132. The van der Waals surface area contributed by atoms with Gasteiger partial charge in [-0.25, -0.2) is 0 Å². The van der Waals surface area contributed by atoms with Gasteiger partial charge in [0.1, 0.15) is 0 Å². The van der Waals surface area contributed by atoms with Gasteiger partial charge in [0, 0.05) is 26.1 Å². The summed E-state index contributed by atoms with van der Waals surface area (Å²) in [6, 6.07) is -0.428. The quantitative estimate of drug-likeness (QED) is 0.603. The van der Waals surface area contributed by atoms with Crippen LogP contribution in [0.4, 0.5) is 0 Å². The molecule has 1 atom stereocenters. The van der Waals surface area contributed by atoms with Crippen LogP contribution in [0.25, 0.3) is 0 Å². The first-order valence-electron chi connectivity index (χ1n) is 4.96. The number of hydrogen-bond acceptors (Lipinski definition) is 3. The molecule has 0 bridgehead atoms. The molecule has 1 saturated heterocycles. The second-order valence-electron chi connectivity index (χ2n) is 3.44. The third-order valence-electron chi connectivity index (χ3n) is 2.38. The van der Waals surface area contributed by atoms with E-state index in [-0.39, 0.29) is 11.8 Å². The highest BCUT2D eigenvalue weighted by atomic mass is 16.2.